The Labute approximate surface area is 190 Å². The predicted molar refractivity (Wildman–Crippen MR) is 124 cm³/mol. The normalized spacial score (nSPS) is 14.9. The van der Waals surface area contributed by atoms with Crippen LogP contribution in [0.4, 0.5) is 5.69 Å². The Balaban J connectivity index is 1.14. The first-order valence-corrected chi connectivity index (χ1v) is 11.9. The topological polar surface area (TPSA) is 95.6 Å². The summed E-state index contributed by atoms with van der Waals surface area (Å²) in [6.07, 6.45) is 3.54. The van der Waals surface area contributed by atoms with Gasteiger partial charge < -0.3 is 10.6 Å². The quantitative estimate of drug-likeness (QED) is 0.427. The number of nitrogens with one attached hydrogen (secondary N) is 2. The van der Waals surface area contributed by atoms with Crippen molar-refractivity contribution < 1.29 is 19.2 Å². The summed E-state index contributed by atoms with van der Waals surface area (Å²) in [6.45, 7) is 0.384. The van der Waals surface area contributed by atoms with Crippen LogP contribution in [0.1, 0.15) is 56.8 Å². The second-order valence-electron chi connectivity index (χ2n) is 7.94. The van der Waals surface area contributed by atoms with Crippen molar-refractivity contribution in [2.45, 2.75) is 31.7 Å². The van der Waals surface area contributed by atoms with E-state index in [1.165, 1.54) is 16.7 Å². The molecule has 0 spiro atoms. The Hall–Kier alpha value is -3.13. The zero-order chi connectivity index (χ0) is 22.5. The van der Waals surface area contributed by atoms with Gasteiger partial charge in [0.05, 0.1) is 16.9 Å². The molecule has 0 bridgehead atoms. The van der Waals surface area contributed by atoms with Crippen molar-refractivity contribution in [1.29, 1.82) is 0 Å². The molecule has 1 fully saturated rings. The van der Waals surface area contributed by atoms with Crippen molar-refractivity contribution in [2.24, 2.45) is 0 Å². The van der Waals surface area contributed by atoms with Gasteiger partial charge in [0, 0.05) is 23.8 Å². The summed E-state index contributed by atoms with van der Waals surface area (Å²) in [5, 5.41) is 5.76. The highest BCUT2D eigenvalue weighted by molar-refractivity contribution is 7.99. The fourth-order valence-corrected chi connectivity index (χ4v) is 4.32. The van der Waals surface area contributed by atoms with E-state index in [4.69, 9.17) is 0 Å². The van der Waals surface area contributed by atoms with Crippen LogP contribution < -0.4 is 10.6 Å². The lowest BCUT2D eigenvalue weighted by Gasteiger charge is -2.13. The Bertz CT molecular complexity index is 1020. The molecular formula is C24H25N3O4S. The van der Waals surface area contributed by atoms with E-state index in [-0.39, 0.29) is 29.7 Å². The van der Waals surface area contributed by atoms with E-state index in [1.807, 2.05) is 0 Å². The number of rotatable bonds is 10. The van der Waals surface area contributed by atoms with Crippen LogP contribution in [0.2, 0.25) is 0 Å². The standard InChI is InChI=1S/C24H25N3O4S/c28-21(25-18-7-5-6-16(14-18)22(29)26-17-10-11-17)15-32-13-4-3-12-27-23(30)19-8-1-2-9-20(19)24(27)31/h1-2,5-9,14,17H,3-4,10-13,15H2,(H,25,28)(H,26,29). The van der Waals surface area contributed by atoms with Crippen molar-refractivity contribution in [3.63, 3.8) is 0 Å². The van der Waals surface area contributed by atoms with Crippen molar-refractivity contribution >= 4 is 41.1 Å². The molecule has 7 nitrogen and oxygen atoms in total. The first-order chi connectivity index (χ1) is 15.5. The molecule has 32 heavy (non-hydrogen) atoms. The molecule has 0 aromatic heterocycles. The van der Waals surface area contributed by atoms with Gasteiger partial charge in [-0.2, -0.15) is 11.8 Å². The minimum absolute atomic E-state index is 0.115. The van der Waals surface area contributed by atoms with Gasteiger partial charge in [0.15, 0.2) is 0 Å². The third-order valence-corrected chi connectivity index (χ3v) is 6.40. The van der Waals surface area contributed by atoms with E-state index in [9.17, 15) is 19.2 Å². The predicted octanol–water partition coefficient (Wildman–Crippen LogP) is 3.33. The number of imide groups is 1. The molecule has 166 valence electrons. The largest absolute Gasteiger partial charge is 0.349 e. The Morgan fingerprint density at radius 3 is 2.38 bits per heavy atom. The van der Waals surface area contributed by atoms with Gasteiger partial charge in [-0.25, -0.2) is 0 Å². The van der Waals surface area contributed by atoms with Crippen LogP contribution in [0, 0.1) is 0 Å². The summed E-state index contributed by atoms with van der Waals surface area (Å²) in [4.78, 5) is 50.3. The number of carbonyl (C=O) groups is 4. The molecular weight excluding hydrogens is 426 g/mol. The van der Waals surface area contributed by atoms with Crippen molar-refractivity contribution in [1.82, 2.24) is 10.2 Å². The summed E-state index contributed by atoms with van der Waals surface area (Å²) in [6, 6.07) is 14.1. The SMILES string of the molecule is O=C(CSCCCCN1C(=O)c2ccccc2C1=O)Nc1cccc(C(=O)NC2CC2)c1. The maximum atomic E-state index is 12.3. The fourth-order valence-electron chi connectivity index (χ4n) is 3.51. The molecule has 0 atom stereocenters. The summed E-state index contributed by atoms with van der Waals surface area (Å²) >= 11 is 1.50. The van der Waals surface area contributed by atoms with Crippen LogP contribution in [-0.4, -0.2) is 52.6 Å². The Morgan fingerprint density at radius 1 is 0.969 bits per heavy atom. The molecule has 2 aromatic rings. The maximum Gasteiger partial charge on any atom is 0.261 e. The highest BCUT2D eigenvalue weighted by Crippen LogP contribution is 2.23. The third kappa shape index (κ3) is 5.37. The van der Waals surface area contributed by atoms with E-state index in [1.54, 1.807) is 48.5 Å². The number of hydrogen-bond acceptors (Lipinski definition) is 5. The number of amides is 4. The Morgan fingerprint density at radius 2 is 1.69 bits per heavy atom. The van der Waals surface area contributed by atoms with Gasteiger partial charge in [-0.05, 0) is 61.8 Å². The number of unbranched alkanes of at least 4 members (excludes halogenated alkanes) is 1. The van der Waals surface area contributed by atoms with Crippen LogP contribution in [0.3, 0.4) is 0 Å². The molecule has 1 heterocycles. The minimum atomic E-state index is -0.231. The van der Waals surface area contributed by atoms with E-state index in [0.717, 1.165) is 25.0 Å². The van der Waals surface area contributed by atoms with Gasteiger partial charge in [-0.1, -0.05) is 18.2 Å². The molecule has 2 N–H and O–H groups in total. The fraction of sp³-hybridized carbons (Fsp3) is 0.333. The van der Waals surface area contributed by atoms with E-state index >= 15 is 0 Å². The molecule has 0 unspecified atom stereocenters. The Kier molecular flexibility index (Phi) is 6.90. The molecule has 4 amide bonds. The van der Waals surface area contributed by atoms with Gasteiger partial charge in [0.1, 0.15) is 0 Å². The summed E-state index contributed by atoms with van der Waals surface area (Å²) < 4.78 is 0. The second kappa shape index (κ2) is 9.99. The number of anilines is 1. The molecule has 1 aliphatic heterocycles. The number of nitrogens with zero attached hydrogens (tertiary/aromatic N) is 1. The lowest BCUT2D eigenvalue weighted by Crippen LogP contribution is -2.30. The molecule has 0 radical (unpaired) electrons. The molecule has 4 rings (SSSR count). The van der Waals surface area contributed by atoms with Gasteiger partial charge >= 0.3 is 0 Å². The zero-order valence-electron chi connectivity index (χ0n) is 17.6. The lowest BCUT2D eigenvalue weighted by atomic mass is 10.1. The van der Waals surface area contributed by atoms with Crippen molar-refractivity contribution in [2.75, 3.05) is 23.4 Å². The third-order valence-electron chi connectivity index (χ3n) is 5.35. The van der Waals surface area contributed by atoms with Crippen molar-refractivity contribution in [3.05, 3.63) is 65.2 Å². The van der Waals surface area contributed by atoms with Crippen LogP contribution in [0.5, 0.6) is 0 Å². The monoisotopic (exact) mass is 451 g/mol. The van der Waals surface area contributed by atoms with Crippen LogP contribution in [0.25, 0.3) is 0 Å². The first kappa shape index (κ1) is 22.1. The van der Waals surface area contributed by atoms with Gasteiger partial charge in [-0.15, -0.1) is 0 Å². The number of fused-ring (bicyclic) bond motifs is 1. The van der Waals surface area contributed by atoms with E-state index in [0.29, 0.717) is 41.1 Å². The number of hydrogen-bond donors (Lipinski definition) is 2. The molecule has 1 aliphatic carbocycles. The molecule has 0 saturated heterocycles. The molecule has 1 saturated carbocycles. The smallest absolute Gasteiger partial charge is 0.261 e. The molecule has 2 aliphatic rings. The summed E-state index contributed by atoms with van der Waals surface area (Å²) in [5.74, 6) is 0.342. The van der Waals surface area contributed by atoms with Crippen LogP contribution in [0.15, 0.2) is 48.5 Å². The van der Waals surface area contributed by atoms with Crippen LogP contribution in [-0.2, 0) is 4.79 Å². The molecule has 8 heteroatoms. The molecule has 2 aromatic carbocycles. The van der Waals surface area contributed by atoms with Gasteiger partial charge in [-0.3, -0.25) is 24.1 Å². The van der Waals surface area contributed by atoms with Crippen LogP contribution >= 0.6 is 11.8 Å². The zero-order valence-corrected chi connectivity index (χ0v) is 18.5. The average molecular weight is 452 g/mol. The van der Waals surface area contributed by atoms with Gasteiger partial charge in [0.2, 0.25) is 5.91 Å². The van der Waals surface area contributed by atoms with E-state index in [2.05, 4.69) is 10.6 Å². The average Bonchev–Trinajstić information content (AvgIpc) is 3.58. The van der Waals surface area contributed by atoms with E-state index < -0.39 is 0 Å². The lowest BCUT2D eigenvalue weighted by molar-refractivity contribution is -0.113. The minimum Gasteiger partial charge on any atom is -0.349 e. The first-order valence-electron chi connectivity index (χ1n) is 10.8. The highest BCUT2D eigenvalue weighted by atomic mass is 32.2. The number of carbonyl (C=O) groups excluding carboxylic acids is 4. The summed E-state index contributed by atoms with van der Waals surface area (Å²) in [7, 11) is 0. The second-order valence-corrected chi connectivity index (χ2v) is 9.05. The van der Waals surface area contributed by atoms with Gasteiger partial charge in [0.25, 0.3) is 17.7 Å². The maximum absolute atomic E-state index is 12.3. The number of thioether (sulfide) groups is 1. The van der Waals surface area contributed by atoms with Crippen molar-refractivity contribution in [3.8, 4) is 0 Å². The number of benzene rings is 2. The summed E-state index contributed by atoms with van der Waals surface area (Å²) in [5.41, 5.74) is 2.08. The highest BCUT2D eigenvalue weighted by Gasteiger charge is 2.34.